The van der Waals surface area contributed by atoms with Gasteiger partial charge in [-0.25, -0.2) is 0 Å². The van der Waals surface area contributed by atoms with E-state index < -0.39 is 115 Å². The topological polar surface area (TPSA) is 263 Å². The number of carbonyl (C=O) groups excluding carboxylic acids is 1. The normalized spacial score (nSPS) is 46.2. The number of rotatable bonds is 14. The van der Waals surface area contributed by atoms with Crippen molar-refractivity contribution in [3.8, 4) is 0 Å². The molecule has 3 aliphatic heterocycles. The van der Waals surface area contributed by atoms with E-state index in [1.54, 1.807) is 0 Å². The molecule has 0 aromatic rings. The van der Waals surface area contributed by atoms with E-state index in [1.807, 2.05) is 0 Å². The molecule has 2 saturated carbocycles. The minimum atomic E-state index is -1.73. The van der Waals surface area contributed by atoms with Gasteiger partial charge in [0.25, 0.3) is 0 Å². The van der Waals surface area contributed by atoms with Crippen LogP contribution in [0.1, 0.15) is 120 Å². The Hall–Kier alpha value is -2.10. The third kappa shape index (κ3) is 8.87. The molecule has 5 fully saturated rings. The van der Waals surface area contributed by atoms with Crippen molar-refractivity contribution in [3.05, 3.63) is 23.3 Å². The third-order valence-electron chi connectivity index (χ3n) is 18.0. The van der Waals surface area contributed by atoms with Crippen molar-refractivity contribution in [1.29, 1.82) is 0 Å². The van der Waals surface area contributed by atoms with Gasteiger partial charge < -0.3 is 74.6 Å². The molecule has 7 aliphatic rings. The van der Waals surface area contributed by atoms with E-state index in [0.717, 1.165) is 44.1 Å². The van der Waals surface area contributed by atoms with Crippen molar-refractivity contribution in [2.24, 2.45) is 45.3 Å². The van der Waals surface area contributed by atoms with Crippen LogP contribution in [0.25, 0.3) is 0 Å². The number of nitrogens with one attached hydrogen (secondary N) is 1. The van der Waals surface area contributed by atoms with E-state index in [-0.39, 0.29) is 35.9 Å². The zero-order valence-electron chi connectivity index (χ0n) is 40.1. The first kappa shape index (κ1) is 51.7. The minimum Gasteiger partial charge on any atom is -0.481 e. The lowest BCUT2D eigenvalue weighted by Gasteiger charge is -2.62. The number of carboxylic acid groups (broad SMARTS) is 1. The largest absolute Gasteiger partial charge is 0.481 e. The fourth-order valence-corrected chi connectivity index (χ4v) is 14.0. The van der Waals surface area contributed by atoms with Gasteiger partial charge in [-0.1, -0.05) is 71.8 Å². The molecule has 20 atom stereocenters. The maximum Gasteiger partial charge on any atom is 0.314 e. The summed E-state index contributed by atoms with van der Waals surface area (Å²) in [4.78, 5) is 26.3. The Bertz CT molecular complexity index is 1810. The molecule has 4 aliphatic carbocycles. The van der Waals surface area contributed by atoms with E-state index in [0.29, 0.717) is 37.5 Å². The van der Waals surface area contributed by atoms with Gasteiger partial charge >= 0.3 is 5.97 Å². The second-order valence-electron chi connectivity index (χ2n) is 22.2. The van der Waals surface area contributed by atoms with Crippen LogP contribution in [-0.2, 0) is 38.0 Å². The summed E-state index contributed by atoms with van der Waals surface area (Å²) in [6, 6.07) is -1.37. The smallest absolute Gasteiger partial charge is 0.314 e. The summed E-state index contributed by atoms with van der Waals surface area (Å²) in [5.41, 5.74) is 1.50. The van der Waals surface area contributed by atoms with E-state index >= 15 is 0 Å². The standard InChI is InChI=1S/C49H79NO16/c1-23(2)24(3)10-11-25(4)27-15-19-49(45(59)60)29-12-13-33-46(6,7)34(16-17-47(33,8)28(29)14-18-48(27,49)9)64-44-41(66-42-35(50-26(5)52)38(57)37(56)32(20-51)63-42)40(31(54)22-62-44)65-43-39(58)36(55)30(53)21-61-43/h23,25,27,30-44,51,53-58H,3,10-22H2,1-2,4-9H3,(H,50,52)(H,59,60)/t25-,27-,30+,31+,32-,33-,34+,35-,36+,37-,38-,39-,40+,41-,42+,43+,44+,47-,48-,49+/m1/s1. The van der Waals surface area contributed by atoms with Crippen LogP contribution in [0.5, 0.6) is 0 Å². The second kappa shape index (κ2) is 19.6. The molecule has 9 N–H and O–H groups in total. The predicted molar refractivity (Wildman–Crippen MR) is 237 cm³/mol. The molecule has 0 aromatic carbocycles. The van der Waals surface area contributed by atoms with Gasteiger partial charge in [-0.05, 0) is 104 Å². The van der Waals surface area contributed by atoms with Crippen LogP contribution < -0.4 is 5.32 Å². The highest BCUT2D eigenvalue weighted by atomic mass is 16.8. The van der Waals surface area contributed by atoms with E-state index in [1.165, 1.54) is 18.1 Å². The zero-order chi connectivity index (χ0) is 48.4. The molecule has 17 nitrogen and oxygen atoms in total. The molecule has 0 bridgehead atoms. The summed E-state index contributed by atoms with van der Waals surface area (Å²) >= 11 is 0. The van der Waals surface area contributed by atoms with Crippen LogP contribution in [0, 0.1) is 45.3 Å². The summed E-state index contributed by atoms with van der Waals surface area (Å²) in [6.07, 6.45) is -10.8. The number of aliphatic carboxylic acids is 1. The van der Waals surface area contributed by atoms with Crippen LogP contribution in [0.3, 0.4) is 0 Å². The van der Waals surface area contributed by atoms with E-state index in [4.69, 9.17) is 28.4 Å². The summed E-state index contributed by atoms with van der Waals surface area (Å²) in [5.74, 6) is -0.159. The Labute approximate surface area is 389 Å². The number of ether oxygens (including phenoxy) is 6. The van der Waals surface area contributed by atoms with Gasteiger partial charge in [0.2, 0.25) is 5.91 Å². The molecule has 7 rings (SSSR count). The van der Waals surface area contributed by atoms with Gasteiger partial charge in [-0.15, -0.1) is 0 Å². The Morgan fingerprint density at radius 1 is 0.788 bits per heavy atom. The number of hydrogen-bond donors (Lipinski definition) is 9. The van der Waals surface area contributed by atoms with Crippen LogP contribution in [0.15, 0.2) is 23.3 Å². The SMILES string of the molecule is C=C(CC[C@@H](C)[C@H]1CC[C@@]2(C(=O)O)C3=C(CC[C@]12C)[C@@]1(C)CC[C@H](O[C@@H]2OC[C@H](O)[C@H](O[C@@H]4OC[C@H](O)[C@H](O)[C@H]4O)[C@H]2O[C@@H]2O[C@H](CO)[C@@H](O)[C@H](O)[C@H]2NC(C)=O)C(C)(C)[C@H]1CC3)C(C)C. The monoisotopic (exact) mass is 938 g/mol. The fraction of sp³-hybridized carbons (Fsp3) is 0.878. The number of hydrogen-bond acceptors (Lipinski definition) is 15. The lowest BCUT2D eigenvalue weighted by molar-refractivity contribution is -0.376. The number of carboxylic acids is 1. The zero-order valence-corrected chi connectivity index (χ0v) is 40.1. The number of fused-ring (bicyclic) bond motifs is 4. The molecule has 0 unspecified atom stereocenters. The molecular weight excluding hydrogens is 859 g/mol. The van der Waals surface area contributed by atoms with Crippen molar-refractivity contribution >= 4 is 11.9 Å². The number of aliphatic hydroxyl groups excluding tert-OH is 7. The summed E-state index contributed by atoms with van der Waals surface area (Å²) in [6.45, 7) is 19.6. The first-order valence-electron chi connectivity index (χ1n) is 24.4. The number of carbonyl (C=O) groups is 2. The summed E-state index contributed by atoms with van der Waals surface area (Å²) < 4.78 is 37.3. The maximum atomic E-state index is 13.9. The van der Waals surface area contributed by atoms with Gasteiger partial charge in [0.1, 0.15) is 61.0 Å². The molecule has 376 valence electrons. The van der Waals surface area contributed by atoms with Gasteiger partial charge in [-0.3, -0.25) is 9.59 Å². The van der Waals surface area contributed by atoms with Crippen molar-refractivity contribution in [3.63, 3.8) is 0 Å². The lowest BCUT2D eigenvalue weighted by atomic mass is 9.43. The van der Waals surface area contributed by atoms with Gasteiger partial charge in [0.05, 0.1) is 31.3 Å². The van der Waals surface area contributed by atoms with E-state index in [2.05, 4.69) is 60.4 Å². The van der Waals surface area contributed by atoms with Crippen LogP contribution in [0.2, 0.25) is 0 Å². The van der Waals surface area contributed by atoms with Gasteiger partial charge in [-0.2, -0.15) is 0 Å². The molecule has 0 radical (unpaired) electrons. The predicted octanol–water partition coefficient (Wildman–Crippen LogP) is 2.68. The van der Waals surface area contributed by atoms with Crippen molar-refractivity contribution in [2.45, 2.75) is 206 Å². The first-order chi connectivity index (χ1) is 30.9. The van der Waals surface area contributed by atoms with Gasteiger partial charge in [0, 0.05) is 6.92 Å². The Kier molecular flexibility index (Phi) is 15.4. The van der Waals surface area contributed by atoms with Crippen molar-refractivity contribution < 1.29 is 78.9 Å². The molecule has 0 aromatic heterocycles. The number of allylic oxidation sites excluding steroid dienone is 2. The van der Waals surface area contributed by atoms with Crippen molar-refractivity contribution in [1.82, 2.24) is 5.32 Å². The summed E-state index contributed by atoms with van der Waals surface area (Å²) in [7, 11) is 0. The van der Waals surface area contributed by atoms with Crippen LogP contribution >= 0.6 is 0 Å². The average Bonchev–Trinajstić information content (AvgIpc) is 3.59. The fourth-order valence-electron chi connectivity index (χ4n) is 14.0. The first-order valence-corrected chi connectivity index (χ1v) is 24.4. The van der Waals surface area contributed by atoms with E-state index in [9.17, 15) is 50.4 Å². The highest BCUT2D eigenvalue weighted by Gasteiger charge is 2.68. The molecule has 1 amide bonds. The third-order valence-corrected chi connectivity index (χ3v) is 18.0. The van der Waals surface area contributed by atoms with Crippen LogP contribution in [0.4, 0.5) is 0 Å². The van der Waals surface area contributed by atoms with Crippen molar-refractivity contribution in [2.75, 3.05) is 19.8 Å². The highest BCUT2D eigenvalue weighted by Crippen LogP contribution is 2.73. The Balaban J connectivity index is 1.17. The van der Waals surface area contributed by atoms with Gasteiger partial charge in [0.15, 0.2) is 18.9 Å². The minimum absolute atomic E-state index is 0.0722. The Morgan fingerprint density at radius 3 is 2.11 bits per heavy atom. The maximum absolute atomic E-state index is 13.9. The summed E-state index contributed by atoms with van der Waals surface area (Å²) in [5, 5.41) is 88.9. The molecule has 66 heavy (non-hydrogen) atoms. The number of aliphatic hydroxyl groups is 7. The molecular formula is C49H79NO16. The average molecular weight is 938 g/mol. The number of amides is 1. The van der Waals surface area contributed by atoms with Crippen LogP contribution in [-0.4, -0.2) is 159 Å². The molecule has 3 heterocycles. The second-order valence-corrected chi connectivity index (χ2v) is 22.2. The molecule has 3 saturated heterocycles. The molecule has 17 heteroatoms. The quantitative estimate of drug-likeness (QED) is 0.113. The Morgan fingerprint density at radius 2 is 1.45 bits per heavy atom. The molecule has 0 spiro atoms. The highest BCUT2D eigenvalue weighted by molar-refractivity contribution is 5.82. The lowest BCUT2D eigenvalue weighted by Crippen LogP contribution is -2.68.